The summed E-state index contributed by atoms with van der Waals surface area (Å²) in [6, 6.07) is 14.5. The molecule has 0 radical (unpaired) electrons. The molecule has 1 heterocycles. The van der Waals surface area contributed by atoms with Gasteiger partial charge in [0.1, 0.15) is 11.5 Å². The molecule has 3 heteroatoms. The van der Waals surface area contributed by atoms with Gasteiger partial charge in [-0.2, -0.15) is 0 Å². The third-order valence-corrected chi connectivity index (χ3v) is 3.61. The Labute approximate surface area is 113 Å². The maximum absolute atomic E-state index is 5.34. The minimum Gasteiger partial charge on any atom is -0.497 e. The molecule has 0 spiro atoms. The first-order valence-corrected chi connectivity index (χ1v) is 6.37. The van der Waals surface area contributed by atoms with Gasteiger partial charge in [-0.15, -0.1) is 0 Å². The van der Waals surface area contributed by atoms with Crippen molar-refractivity contribution in [2.75, 3.05) is 26.1 Å². The molecule has 0 aliphatic carbocycles. The number of hydrogen-bond acceptors (Lipinski definition) is 3. The fourth-order valence-electron chi connectivity index (χ4n) is 2.61. The van der Waals surface area contributed by atoms with E-state index in [1.54, 1.807) is 14.2 Å². The zero-order valence-corrected chi connectivity index (χ0v) is 11.1. The molecule has 1 N–H and O–H groups in total. The second-order valence-electron chi connectivity index (χ2n) is 4.67. The van der Waals surface area contributed by atoms with E-state index in [4.69, 9.17) is 9.47 Å². The predicted molar refractivity (Wildman–Crippen MR) is 76.3 cm³/mol. The molecule has 1 aliphatic heterocycles. The average Bonchev–Trinajstić information content (AvgIpc) is 2.90. The number of hydrogen-bond donors (Lipinski definition) is 1. The first kappa shape index (κ1) is 11.9. The number of benzene rings is 2. The van der Waals surface area contributed by atoms with Gasteiger partial charge in [0.15, 0.2) is 0 Å². The highest BCUT2D eigenvalue weighted by atomic mass is 16.5. The van der Waals surface area contributed by atoms with Crippen molar-refractivity contribution >= 4 is 5.69 Å². The maximum atomic E-state index is 5.34. The topological polar surface area (TPSA) is 30.5 Å². The molecule has 19 heavy (non-hydrogen) atoms. The van der Waals surface area contributed by atoms with E-state index in [1.165, 1.54) is 16.8 Å². The highest BCUT2D eigenvalue weighted by molar-refractivity contribution is 5.61. The number of para-hydroxylation sites is 1. The smallest absolute Gasteiger partial charge is 0.122 e. The fourth-order valence-corrected chi connectivity index (χ4v) is 2.61. The number of fused-ring (bicyclic) bond motifs is 1. The summed E-state index contributed by atoms with van der Waals surface area (Å²) >= 11 is 0. The Morgan fingerprint density at radius 2 is 1.68 bits per heavy atom. The normalized spacial score (nSPS) is 16.6. The van der Waals surface area contributed by atoms with Crippen molar-refractivity contribution < 1.29 is 9.47 Å². The van der Waals surface area contributed by atoms with Crippen LogP contribution in [0.5, 0.6) is 11.5 Å². The van der Waals surface area contributed by atoms with E-state index in [1.807, 2.05) is 6.07 Å². The van der Waals surface area contributed by atoms with Crippen molar-refractivity contribution in [3.8, 4) is 11.5 Å². The molecule has 0 amide bonds. The molecule has 0 saturated carbocycles. The first-order valence-electron chi connectivity index (χ1n) is 6.37. The zero-order chi connectivity index (χ0) is 13.2. The van der Waals surface area contributed by atoms with Gasteiger partial charge in [0, 0.05) is 24.2 Å². The largest absolute Gasteiger partial charge is 0.497 e. The van der Waals surface area contributed by atoms with Crippen molar-refractivity contribution in [2.45, 2.75) is 5.92 Å². The van der Waals surface area contributed by atoms with E-state index in [9.17, 15) is 0 Å². The molecule has 2 aromatic carbocycles. The molecular formula is C16H17NO2. The Kier molecular flexibility index (Phi) is 3.03. The molecule has 1 aliphatic rings. The van der Waals surface area contributed by atoms with Crippen LogP contribution in [0.3, 0.4) is 0 Å². The second kappa shape index (κ2) is 4.84. The van der Waals surface area contributed by atoms with Gasteiger partial charge in [-0.3, -0.25) is 0 Å². The van der Waals surface area contributed by atoms with Crippen LogP contribution in [0.2, 0.25) is 0 Å². The Hall–Kier alpha value is -2.16. The minimum absolute atomic E-state index is 0.347. The van der Waals surface area contributed by atoms with E-state index < -0.39 is 0 Å². The lowest BCUT2D eigenvalue weighted by Crippen LogP contribution is -2.04. The minimum atomic E-state index is 0.347. The predicted octanol–water partition coefficient (Wildman–Crippen LogP) is 3.26. The van der Waals surface area contributed by atoms with Crippen LogP contribution >= 0.6 is 0 Å². The van der Waals surface area contributed by atoms with E-state index in [2.05, 4.69) is 41.7 Å². The van der Waals surface area contributed by atoms with Crippen LogP contribution in [0.25, 0.3) is 0 Å². The van der Waals surface area contributed by atoms with E-state index >= 15 is 0 Å². The van der Waals surface area contributed by atoms with Crippen LogP contribution in [-0.4, -0.2) is 20.8 Å². The number of anilines is 1. The van der Waals surface area contributed by atoms with Crippen LogP contribution in [0.1, 0.15) is 17.0 Å². The second-order valence-corrected chi connectivity index (χ2v) is 4.67. The summed E-state index contributed by atoms with van der Waals surface area (Å²) in [5.74, 6) is 2.01. The van der Waals surface area contributed by atoms with Gasteiger partial charge in [-0.25, -0.2) is 0 Å². The number of rotatable bonds is 3. The summed E-state index contributed by atoms with van der Waals surface area (Å²) in [6.07, 6.45) is 0. The van der Waals surface area contributed by atoms with Gasteiger partial charge in [0.2, 0.25) is 0 Å². The SMILES string of the molecule is COc1cc(OC)cc(C2CNc3ccccc32)c1. The molecule has 3 rings (SSSR count). The van der Waals surface area contributed by atoms with Gasteiger partial charge in [0.05, 0.1) is 14.2 Å². The number of ether oxygens (including phenoxy) is 2. The van der Waals surface area contributed by atoms with Gasteiger partial charge >= 0.3 is 0 Å². The van der Waals surface area contributed by atoms with Gasteiger partial charge in [-0.1, -0.05) is 18.2 Å². The number of nitrogens with one attached hydrogen (secondary N) is 1. The first-order chi connectivity index (χ1) is 9.31. The highest BCUT2D eigenvalue weighted by Gasteiger charge is 2.24. The molecule has 98 valence electrons. The summed E-state index contributed by atoms with van der Waals surface area (Å²) in [6.45, 7) is 0.912. The van der Waals surface area contributed by atoms with Gasteiger partial charge in [-0.05, 0) is 29.3 Å². The molecule has 2 aromatic rings. The van der Waals surface area contributed by atoms with Crippen LogP contribution in [0.15, 0.2) is 42.5 Å². The molecule has 1 atom stereocenters. The average molecular weight is 255 g/mol. The summed E-state index contributed by atoms with van der Waals surface area (Å²) < 4.78 is 10.7. The third kappa shape index (κ3) is 2.12. The monoisotopic (exact) mass is 255 g/mol. The summed E-state index contributed by atoms with van der Waals surface area (Å²) in [7, 11) is 3.36. The maximum Gasteiger partial charge on any atom is 0.122 e. The highest BCUT2D eigenvalue weighted by Crippen LogP contribution is 2.38. The summed E-state index contributed by atoms with van der Waals surface area (Å²) in [4.78, 5) is 0. The lowest BCUT2D eigenvalue weighted by Gasteiger charge is -2.14. The third-order valence-electron chi connectivity index (χ3n) is 3.61. The van der Waals surface area contributed by atoms with Crippen LogP contribution in [0.4, 0.5) is 5.69 Å². The Morgan fingerprint density at radius 1 is 1.00 bits per heavy atom. The number of methoxy groups -OCH3 is 2. The summed E-state index contributed by atoms with van der Waals surface area (Å²) in [5.41, 5.74) is 3.76. The van der Waals surface area contributed by atoms with Crippen molar-refractivity contribution in [3.63, 3.8) is 0 Å². The van der Waals surface area contributed by atoms with E-state index in [0.29, 0.717) is 5.92 Å². The Bertz CT molecular complexity index is 573. The molecule has 0 saturated heterocycles. The molecule has 0 fully saturated rings. The van der Waals surface area contributed by atoms with Crippen molar-refractivity contribution in [3.05, 3.63) is 53.6 Å². The van der Waals surface area contributed by atoms with E-state index in [0.717, 1.165) is 18.0 Å². The molecule has 0 bridgehead atoms. The fraction of sp³-hybridized carbons (Fsp3) is 0.250. The zero-order valence-electron chi connectivity index (χ0n) is 11.1. The lowest BCUT2D eigenvalue weighted by molar-refractivity contribution is 0.393. The van der Waals surface area contributed by atoms with Crippen molar-refractivity contribution in [1.29, 1.82) is 0 Å². The lowest BCUT2D eigenvalue weighted by atomic mass is 9.93. The van der Waals surface area contributed by atoms with Crippen LogP contribution < -0.4 is 14.8 Å². The van der Waals surface area contributed by atoms with Crippen LogP contribution in [0, 0.1) is 0 Å². The Morgan fingerprint density at radius 3 is 2.37 bits per heavy atom. The standard InChI is InChI=1S/C16H17NO2/c1-18-12-7-11(8-13(9-12)19-2)15-10-17-16-6-4-3-5-14(15)16/h3-9,15,17H,10H2,1-2H3. The molecule has 3 nitrogen and oxygen atoms in total. The van der Waals surface area contributed by atoms with Crippen molar-refractivity contribution in [2.24, 2.45) is 0 Å². The van der Waals surface area contributed by atoms with Crippen molar-refractivity contribution in [1.82, 2.24) is 0 Å². The van der Waals surface area contributed by atoms with E-state index in [-0.39, 0.29) is 0 Å². The quantitative estimate of drug-likeness (QED) is 0.913. The van der Waals surface area contributed by atoms with Gasteiger partial charge < -0.3 is 14.8 Å². The Balaban J connectivity index is 2.04. The molecule has 1 unspecified atom stereocenters. The molecule has 0 aromatic heterocycles. The van der Waals surface area contributed by atoms with Gasteiger partial charge in [0.25, 0.3) is 0 Å². The van der Waals surface area contributed by atoms with Crippen LogP contribution in [-0.2, 0) is 0 Å². The molecular weight excluding hydrogens is 238 g/mol. The summed E-state index contributed by atoms with van der Waals surface area (Å²) in [5, 5.41) is 3.44.